The van der Waals surface area contributed by atoms with Gasteiger partial charge in [0.05, 0.1) is 12.6 Å². The van der Waals surface area contributed by atoms with Crippen molar-refractivity contribution in [3.05, 3.63) is 145 Å². The zero-order chi connectivity index (χ0) is 35.0. The number of para-hydroxylation sites is 4. The van der Waals surface area contributed by atoms with E-state index in [2.05, 4.69) is 145 Å². The third-order valence-electron chi connectivity index (χ3n) is 12.9. The minimum atomic E-state index is -0.523. The summed E-state index contributed by atoms with van der Waals surface area (Å²) in [7, 11) is 4.51. The van der Waals surface area contributed by atoms with E-state index >= 15 is 0 Å². The monoisotopic (exact) mass is 818 g/mol. The number of rotatable bonds is 2. The fraction of sp³-hybridized carbons (Fsp3) is 0.111. The number of benzene rings is 6. The number of nitrogens with zero attached hydrogens (tertiary/aromatic N) is 4. The Morgan fingerprint density at radius 3 is 1.91 bits per heavy atom. The van der Waals surface area contributed by atoms with Crippen LogP contribution in [0.1, 0.15) is 18.1 Å². The molecule has 54 heavy (non-hydrogen) atoms. The van der Waals surface area contributed by atoms with Crippen molar-refractivity contribution in [3.8, 4) is 11.5 Å². The van der Waals surface area contributed by atoms with Gasteiger partial charge in [0.2, 0.25) is 11.4 Å². The number of furan rings is 2. The van der Waals surface area contributed by atoms with Crippen LogP contribution in [0.25, 0.3) is 55.3 Å². The average Bonchev–Trinajstić information content (AvgIpc) is 4.00. The summed E-state index contributed by atoms with van der Waals surface area (Å²) in [6.45, 7) is 2.43. The lowest BCUT2D eigenvalue weighted by Crippen LogP contribution is -3.14. The van der Waals surface area contributed by atoms with E-state index in [-0.39, 0.29) is 30.3 Å². The Morgan fingerprint density at radius 2 is 1.22 bits per heavy atom. The molecule has 2 aromatic heterocycles. The van der Waals surface area contributed by atoms with E-state index in [1.54, 1.807) is 0 Å². The number of fused-ring (bicyclic) bond motifs is 10. The second-order valence-corrected chi connectivity index (χ2v) is 15.1. The van der Waals surface area contributed by atoms with E-state index in [9.17, 15) is 0 Å². The Balaban J connectivity index is 0.00000325. The number of nitrogens with one attached hydrogen (secondary N) is 1. The molecule has 8 aromatic rings. The van der Waals surface area contributed by atoms with Crippen LogP contribution in [-0.2, 0) is 0 Å². The number of anilines is 1. The highest BCUT2D eigenvalue weighted by Crippen LogP contribution is 2.70. The number of ether oxygens (including phenoxy) is 1. The molecular formula is C45H33IN5O3+. The Morgan fingerprint density at radius 1 is 0.630 bits per heavy atom. The zero-order valence-corrected chi connectivity index (χ0v) is 31.8. The van der Waals surface area contributed by atoms with Crippen molar-refractivity contribution in [2.45, 2.75) is 19.0 Å². The van der Waals surface area contributed by atoms with Gasteiger partial charge in [-0.3, -0.25) is 9.80 Å². The third kappa shape index (κ3) is 3.31. The van der Waals surface area contributed by atoms with Gasteiger partial charge >= 0.3 is 5.79 Å². The van der Waals surface area contributed by atoms with Gasteiger partial charge < -0.3 is 42.4 Å². The molecule has 4 unspecified atom stereocenters. The molecule has 9 heteroatoms. The number of quaternary nitrogens is 2. The topological polar surface area (TPSA) is 49.7 Å². The molecule has 1 N–H and O–H groups in total. The molecule has 5 aliphatic rings. The summed E-state index contributed by atoms with van der Waals surface area (Å²) >= 11 is 0. The van der Waals surface area contributed by atoms with Crippen LogP contribution in [0, 0.1) is 0 Å². The molecule has 7 heterocycles. The second-order valence-electron chi connectivity index (χ2n) is 15.1. The maximum absolute atomic E-state index is 6.82. The first kappa shape index (κ1) is 30.7. The summed E-state index contributed by atoms with van der Waals surface area (Å²) in [5.41, 5.74) is 13.0. The largest absolute Gasteiger partial charge is 1.00 e. The van der Waals surface area contributed by atoms with Gasteiger partial charge in [-0.1, -0.05) is 60.7 Å². The van der Waals surface area contributed by atoms with Gasteiger partial charge in [0.25, 0.3) is 12.0 Å². The van der Waals surface area contributed by atoms with Crippen molar-refractivity contribution in [3.63, 3.8) is 0 Å². The van der Waals surface area contributed by atoms with Gasteiger partial charge in [-0.05, 0) is 54.6 Å². The predicted molar refractivity (Wildman–Crippen MR) is 209 cm³/mol. The van der Waals surface area contributed by atoms with Crippen LogP contribution in [0.4, 0.5) is 22.7 Å². The molecule has 1 spiro atoms. The molecule has 0 radical (unpaired) electrons. The van der Waals surface area contributed by atoms with E-state index in [1.807, 2.05) is 24.3 Å². The van der Waals surface area contributed by atoms with Gasteiger partial charge in [-0.15, -0.1) is 4.48 Å². The first-order valence-electron chi connectivity index (χ1n) is 18.2. The molecule has 0 saturated heterocycles. The van der Waals surface area contributed by atoms with Gasteiger partial charge in [0, 0.05) is 59.0 Å². The zero-order valence-electron chi connectivity index (χ0n) is 29.7. The lowest BCUT2D eigenvalue weighted by atomic mass is 10.0. The fourth-order valence-electron chi connectivity index (χ4n) is 10.6. The summed E-state index contributed by atoms with van der Waals surface area (Å²) in [6.07, 6.45) is 4.62. The second kappa shape index (κ2) is 10.1. The maximum Gasteiger partial charge on any atom is 0.326 e. The predicted octanol–water partition coefficient (Wildman–Crippen LogP) is 6.43. The number of hydrogen-bond donors (Lipinski definition) is 1. The van der Waals surface area contributed by atoms with Gasteiger partial charge in [-0.25, -0.2) is 0 Å². The van der Waals surface area contributed by atoms with Crippen LogP contribution in [0.3, 0.4) is 0 Å². The lowest BCUT2D eigenvalue weighted by Gasteiger charge is -2.49. The summed E-state index contributed by atoms with van der Waals surface area (Å²) in [4.78, 5) is 8.75. The smallest absolute Gasteiger partial charge is 0.326 e. The molecule has 262 valence electrons. The molecule has 5 aliphatic heterocycles. The van der Waals surface area contributed by atoms with Gasteiger partial charge in [0.1, 0.15) is 39.9 Å². The van der Waals surface area contributed by atoms with Crippen molar-refractivity contribution < 1.29 is 42.4 Å². The lowest BCUT2D eigenvalue weighted by molar-refractivity contribution is -0.847. The van der Waals surface area contributed by atoms with Crippen molar-refractivity contribution in [1.29, 1.82) is 0 Å². The molecule has 0 amide bonds. The fourth-order valence-corrected chi connectivity index (χ4v) is 10.6. The Labute approximate surface area is 327 Å². The molecule has 4 atom stereocenters. The summed E-state index contributed by atoms with van der Waals surface area (Å²) in [5.74, 6) is 1.29. The summed E-state index contributed by atoms with van der Waals surface area (Å²) < 4.78 is 20.2. The highest BCUT2D eigenvalue weighted by atomic mass is 127. The number of hydrogen-bond acceptors (Lipinski definition) is 6. The standard InChI is InChI=1S/C45H32N5O3.HI/c1-45-47(3)35(27-19-21-31-29-11-5-7-15-37(29)52-41(31)23-27)25-49(45)33-13-9-17-39-43(33)50(45)42-32(12-8-16-38(42)53-39)48-24-34(46(2)44(48)50)26-18-20-30-28-10-4-6-14-36(28)51-40(30)22-26;/h4-25,44H,1-3H3;1H/q+1;. The molecule has 13 rings (SSSR count). The molecular weight excluding hydrogens is 785 g/mol. The molecule has 0 saturated carbocycles. The van der Waals surface area contributed by atoms with E-state index in [0.717, 1.165) is 77.9 Å². The Kier molecular flexibility index (Phi) is 5.71. The first-order valence-corrected chi connectivity index (χ1v) is 18.2. The van der Waals surface area contributed by atoms with Crippen molar-refractivity contribution in [1.82, 2.24) is 14.3 Å². The molecule has 8 nitrogen and oxygen atoms in total. The summed E-state index contributed by atoms with van der Waals surface area (Å²) in [6, 6.07) is 43.0. The van der Waals surface area contributed by atoms with E-state index < -0.39 is 5.79 Å². The minimum absolute atomic E-state index is 0. The molecule has 0 bridgehead atoms. The van der Waals surface area contributed by atoms with Crippen LogP contribution in [-0.4, -0.2) is 36.0 Å². The maximum atomic E-state index is 6.82. The highest BCUT2D eigenvalue weighted by molar-refractivity contribution is 6.07. The Hall–Kier alpha value is -5.75. The average molecular weight is 819 g/mol. The summed E-state index contributed by atoms with van der Waals surface area (Å²) in [5, 5.41) is 4.55. The van der Waals surface area contributed by atoms with Crippen LogP contribution in [0.2, 0.25) is 0 Å². The SMILES string of the molecule is CN1C(c2ccc3c(c2)oc2ccccc23)=CN2c3cccc4c3[N+]3(c5c(cccc5[NH+]5C=C(c6ccc7c(c6)oc6ccccc67)N(C)C53C)O4)C12.[I-]. The normalized spacial score (nSPS) is 24.1. The third-order valence-corrected chi connectivity index (χ3v) is 12.9. The molecule has 0 fully saturated rings. The van der Waals surface area contributed by atoms with Crippen molar-refractivity contribution in [2.75, 3.05) is 19.0 Å². The quantitative estimate of drug-likeness (QED) is 0.161. The minimum Gasteiger partial charge on any atom is -1.00 e. The van der Waals surface area contributed by atoms with Gasteiger partial charge in [-0.2, -0.15) is 4.90 Å². The highest BCUT2D eigenvalue weighted by Gasteiger charge is 2.81. The van der Waals surface area contributed by atoms with Crippen LogP contribution in [0.15, 0.2) is 143 Å². The van der Waals surface area contributed by atoms with Gasteiger partial charge in [0.15, 0.2) is 11.5 Å². The van der Waals surface area contributed by atoms with E-state index in [1.165, 1.54) is 27.7 Å². The van der Waals surface area contributed by atoms with Crippen molar-refractivity contribution >= 4 is 78.0 Å². The first-order chi connectivity index (χ1) is 26.0. The van der Waals surface area contributed by atoms with E-state index in [0.29, 0.717) is 4.48 Å². The molecule has 6 aromatic carbocycles. The number of halogens is 1. The van der Waals surface area contributed by atoms with Crippen LogP contribution in [0.5, 0.6) is 11.5 Å². The van der Waals surface area contributed by atoms with E-state index in [4.69, 9.17) is 13.6 Å². The molecule has 0 aliphatic carbocycles. The van der Waals surface area contributed by atoms with Crippen LogP contribution < -0.4 is 43.0 Å². The van der Waals surface area contributed by atoms with Crippen LogP contribution >= 0.6 is 0 Å². The Bertz CT molecular complexity index is 3040. The van der Waals surface area contributed by atoms with Crippen molar-refractivity contribution in [2.24, 2.45) is 0 Å².